The number of hydrogen-bond acceptors (Lipinski definition) is 4. The van der Waals surface area contributed by atoms with E-state index in [9.17, 15) is 4.39 Å². The second-order valence-electron chi connectivity index (χ2n) is 5.73. The number of hydrogen-bond donors (Lipinski definition) is 1. The summed E-state index contributed by atoms with van der Waals surface area (Å²) in [6.07, 6.45) is 0. The fourth-order valence-electron chi connectivity index (χ4n) is 2.67. The van der Waals surface area contributed by atoms with E-state index < -0.39 is 0 Å². The summed E-state index contributed by atoms with van der Waals surface area (Å²) in [5, 5.41) is 0. The number of rotatable bonds is 1. The SMILES string of the molecule is Cl.Cn1c(-c2cccc(F)c2)nc2c(N)nc(C#Cc3ccccc3)nc21. The molecule has 0 amide bonds. The van der Waals surface area contributed by atoms with Gasteiger partial charge in [0.2, 0.25) is 5.82 Å². The van der Waals surface area contributed by atoms with Crippen LogP contribution in [-0.2, 0) is 7.05 Å². The smallest absolute Gasteiger partial charge is 0.209 e. The zero-order chi connectivity index (χ0) is 18.1. The first-order valence-electron chi connectivity index (χ1n) is 7.95. The lowest BCUT2D eigenvalue weighted by Crippen LogP contribution is -2.00. The van der Waals surface area contributed by atoms with Crippen LogP contribution in [0.4, 0.5) is 10.2 Å². The van der Waals surface area contributed by atoms with Gasteiger partial charge in [0, 0.05) is 18.2 Å². The molecule has 0 aliphatic carbocycles. The highest BCUT2D eigenvalue weighted by molar-refractivity contribution is 5.86. The number of imidazole rings is 1. The topological polar surface area (TPSA) is 69.6 Å². The lowest BCUT2D eigenvalue weighted by molar-refractivity contribution is 0.628. The van der Waals surface area contributed by atoms with Gasteiger partial charge in [0.05, 0.1) is 0 Å². The molecule has 2 N–H and O–H groups in total. The van der Waals surface area contributed by atoms with Crippen molar-refractivity contribution < 1.29 is 4.39 Å². The second kappa shape index (κ2) is 7.44. The molecule has 4 aromatic rings. The molecule has 0 atom stereocenters. The van der Waals surface area contributed by atoms with Crippen LogP contribution >= 0.6 is 12.4 Å². The van der Waals surface area contributed by atoms with Gasteiger partial charge >= 0.3 is 0 Å². The van der Waals surface area contributed by atoms with Crippen molar-refractivity contribution in [2.24, 2.45) is 7.05 Å². The summed E-state index contributed by atoms with van der Waals surface area (Å²) in [7, 11) is 1.80. The molecule has 27 heavy (non-hydrogen) atoms. The van der Waals surface area contributed by atoms with Gasteiger partial charge in [0.25, 0.3) is 0 Å². The summed E-state index contributed by atoms with van der Waals surface area (Å²) in [5.74, 6) is 6.72. The summed E-state index contributed by atoms with van der Waals surface area (Å²) in [4.78, 5) is 13.2. The number of aromatic nitrogens is 4. The van der Waals surface area contributed by atoms with Gasteiger partial charge in [0.15, 0.2) is 17.0 Å². The molecule has 2 heterocycles. The summed E-state index contributed by atoms with van der Waals surface area (Å²) < 4.78 is 15.3. The third-order valence-electron chi connectivity index (χ3n) is 3.92. The molecular formula is C20H15ClFN5. The average Bonchev–Trinajstić information content (AvgIpc) is 2.98. The largest absolute Gasteiger partial charge is 0.382 e. The van der Waals surface area contributed by atoms with Crippen LogP contribution in [0.2, 0.25) is 0 Å². The van der Waals surface area contributed by atoms with Crippen LogP contribution in [0.3, 0.4) is 0 Å². The van der Waals surface area contributed by atoms with Gasteiger partial charge in [-0.05, 0) is 30.2 Å². The molecule has 0 unspecified atom stereocenters. The number of nitrogens with zero attached hydrogens (tertiary/aromatic N) is 4. The minimum absolute atomic E-state index is 0. The minimum atomic E-state index is -0.331. The van der Waals surface area contributed by atoms with Crippen LogP contribution < -0.4 is 5.73 Å². The van der Waals surface area contributed by atoms with Crippen molar-refractivity contribution in [1.29, 1.82) is 0 Å². The third-order valence-corrected chi connectivity index (χ3v) is 3.92. The predicted octanol–water partition coefficient (Wildman–Crippen LogP) is 3.57. The zero-order valence-corrected chi connectivity index (χ0v) is 15.2. The molecule has 134 valence electrons. The van der Waals surface area contributed by atoms with Crippen LogP contribution in [0.5, 0.6) is 0 Å². The lowest BCUT2D eigenvalue weighted by atomic mass is 10.2. The number of anilines is 1. The first-order valence-corrected chi connectivity index (χ1v) is 7.95. The number of nitrogen functional groups attached to an aromatic ring is 1. The molecule has 2 aromatic carbocycles. The monoisotopic (exact) mass is 379 g/mol. The Morgan fingerprint density at radius 3 is 2.48 bits per heavy atom. The predicted molar refractivity (Wildman–Crippen MR) is 106 cm³/mol. The highest BCUT2D eigenvalue weighted by Gasteiger charge is 2.15. The third kappa shape index (κ3) is 3.59. The second-order valence-corrected chi connectivity index (χ2v) is 5.73. The Balaban J connectivity index is 0.00000210. The van der Waals surface area contributed by atoms with Crippen molar-refractivity contribution in [2.75, 3.05) is 5.73 Å². The molecule has 0 fully saturated rings. The quantitative estimate of drug-likeness (QED) is 0.513. The summed E-state index contributed by atoms with van der Waals surface area (Å²) >= 11 is 0. The van der Waals surface area contributed by atoms with Crippen molar-refractivity contribution in [3.05, 3.63) is 71.8 Å². The molecule has 0 aliphatic heterocycles. The van der Waals surface area contributed by atoms with Gasteiger partial charge in [-0.25, -0.2) is 19.3 Å². The van der Waals surface area contributed by atoms with Gasteiger partial charge in [-0.1, -0.05) is 36.3 Å². The number of fused-ring (bicyclic) bond motifs is 1. The molecule has 0 aliphatic rings. The molecule has 5 nitrogen and oxygen atoms in total. The van der Waals surface area contributed by atoms with Crippen molar-refractivity contribution in [2.45, 2.75) is 0 Å². The standard InChI is InChI=1S/C20H14FN5.ClH/c1-26-19(14-8-5-9-15(21)12-14)25-17-18(22)23-16(24-20(17)26)11-10-13-6-3-2-4-7-13;/h2-9,12H,1H3,(H2,22,23,24);1H. The Hall–Kier alpha value is -3.43. The van der Waals surface area contributed by atoms with Crippen molar-refractivity contribution in [3.63, 3.8) is 0 Å². The maximum Gasteiger partial charge on any atom is 0.209 e. The Morgan fingerprint density at radius 1 is 0.963 bits per heavy atom. The molecular weight excluding hydrogens is 365 g/mol. The fourth-order valence-corrected chi connectivity index (χ4v) is 2.67. The normalized spacial score (nSPS) is 10.1. The first-order chi connectivity index (χ1) is 12.6. The van der Waals surface area contributed by atoms with E-state index in [0.717, 1.165) is 5.56 Å². The molecule has 2 aromatic heterocycles. The molecule has 7 heteroatoms. The maximum absolute atomic E-state index is 13.5. The van der Waals surface area contributed by atoms with Crippen LogP contribution in [-0.4, -0.2) is 19.5 Å². The van der Waals surface area contributed by atoms with Crippen molar-refractivity contribution in [3.8, 4) is 23.2 Å². The lowest BCUT2D eigenvalue weighted by Gasteiger charge is -2.02. The number of benzene rings is 2. The Kier molecular flexibility index (Phi) is 5.06. The molecule has 0 saturated carbocycles. The fraction of sp³-hybridized carbons (Fsp3) is 0.0500. The molecule has 0 radical (unpaired) electrons. The van der Waals surface area contributed by atoms with Gasteiger partial charge in [-0.15, -0.1) is 12.4 Å². The molecule has 4 rings (SSSR count). The Labute approximate surface area is 161 Å². The Morgan fingerprint density at radius 2 is 1.74 bits per heavy atom. The summed E-state index contributed by atoms with van der Waals surface area (Å²) in [6, 6.07) is 15.8. The number of halogens is 2. The van der Waals surface area contributed by atoms with E-state index in [4.69, 9.17) is 5.73 Å². The van der Waals surface area contributed by atoms with E-state index in [0.29, 0.717) is 28.4 Å². The molecule has 0 bridgehead atoms. The first kappa shape index (κ1) is 18.4. The van der Waals surface area contributed by atoms with Gasteiger partial charge in [-0.3, -0.25) is 0 Å². The van der Waals surface area contributed by atoms with Crippen molar-refractivity contribution >= 4 is 29.4 Å². The van der Waals surface area contributed by atoms with Crippen molar-refractivity contribution in [1.82, 2.24) is 19.5 Å². The van der Waals surface area contributed by atoms with E-state index in [1.807, 2.05) is 30.3 Å². The molecule has 0 spiro atoms. The average molecular weight is 380 g/mol. The van der Waals surface area contributed by atoms with Gasteiger partial charge in [-0.2, -0.15) is 0 Å². The van der Waals surface area contributed by atoms with Crippen LogP contribution in [0.25, 0.3) is 22.6 Å². The van der Waals surface area contributed by atoms with E-state index in [-0.39, 0.29) is 24.0 Å². The van der Waals surface area contributed by atoms with E-state index >= 15 is 0 Å². The van der Waals surface area contributed by atoms with Gasteiger partial charge < -0.3 is 10.3 Å². The van der Waals surface area contributed by atoms with E-state index in [1.165, 1.54) is 12.1 Å². The maximum atomic E-state index is 13.5. The molecule has 0 saturated heterocycles. The number of aryl methyl sites for hydroxylation is 1. The summed E-state index contributed by atoms with van der Waals surface area (Å²) in [5.41, 5.74) is 8.57. The van der Waals surface area contributed by atoms with Crippen LogP contribution in [0.1, 0.15) is 11.4 Å². The minimum Gasteiger partial charge on any atom is -0.382 e. The van der Waals surface area contributed by atoms with E-state index in [1.54, 1.807) is 23.7 Å². The summed E-state index contributed by atoms with van der Waals surface area (Å²) in [6.45, 7) is 0. The van der Waals surface area contributed by atoms with E-state index in [2.05, 4.69) is 26.8 Å². The van der Waals surface area contributed by atoms with Gasteiger partial charge in [0.1, 0.15) is 11.6 Å². The Bertz CT molecular complexity index is 1180. The highest BCUT2D eigenvalue weighted by atomic mass is 35.5. The van der Waals surface area contributed by atoms with Crippen LogP contribution in [0.15, 0.2) is 54.6 Å². The number of nitrogens with two attached hydrogens (primary N) is 1. The van der Waals surface area contributed by atoms with Crippen LogP contribution in [0, 0.1) is 17.7 Å². The zero-order valence-electron chi connectivity index (χ0n) is 14.3. The highest BCUT2D eigenvalue weighted by Crippen LogP contribution is 2.25.